The Kier molecular flexibility index (Phi) is 3.92. The van der Waals surface area contributed by atoms with Gasteiger partial charge in [-0.25, -0.2) is 0 Å². The van der Waals surface area contributed by atoms with Gasteiger partial charge >= 0.3 is 0 Å². The van der Waals surface area contributed by atoms with Gasteiger partial charge in [-0.1, -0.05) is 18.2 Å². The Hall–Kier alpha value is -1.55. The first-order chi connectivity index (χ1) is 9.74. The van der Waals surface area contributed by atoms with E-state index in [1.54, 1.807) is 0 Å². The Morgan fingerprint density at radius 3 is 3.05 bits per heavy atom. The van der Waals surface area contributed by atoms with Crippen molar-refractivity contribution < 1.29 is 9.53 Å². The first-order valence-electron chi connectivity index (χ1n) is 7.50. The van der Waals surface area contributed by atoms with E-state index in [0.717, 1.165) is 25.8 Å². The van der Waals surface area contributed by atoms with Gasteiger partial charge in [-0.05, 0) is 37.8 Å². The first kappa shape index (κ1) is 13.4. The van der Waals surface area contributed by atoms with Gasteiger partial charge in [-0.15, -0.1) is 0 Å². The molecule has 1 amide bonds. The van der Waals surface area contributed by atoms with Gasteiger partial charge in [0.15, 0.2) is 0 Å². The van der Waals surface area contributed by atoms with Crippen molar-refractivity contribution in [2.24, 2.45) is 0 Å². The summed E-state index contributed by atoms with van der Waals surface area (Å²) in [6, 6.07) is 8.41. The van der Waals surface area contributed by atoms with Crippen LogP contribution in [0.4, 0.5) is 5.69 Å². The molecule has 0 radical (unpaired) electrons. The maximum Gasteiger partial charge on any atom is 0.249 e. The molecule has 3 rings (SSSR count). The summed E-state index contributed by atoms with van der Waals surface area (Å²) in [7, 11) is 0. The lowest BCUT2D eigenvalue weighted by atomic mass is 9.98. The number of anilines is 1. The molecule has 2 aliphatic heterocycles. The standard InChI is InChI=1S/C16H22N2O2/c1-11-6-7-15(20-11)16(19)17-9-8-12-10-18-14-5-3-2-4-13(12)14/h2-5,11-12,15,18H,6-10H2,1H3,(H,17,19). The summed E-state index contributed by atoms with van der Waals surface area (Å²) in [5, 5.41) is 6.42. The minimum absolute atomic E-state index is 0.0496. The Bertz CT molecular complexity index is 489. The summed E-state index contributed by atoms with van der Waals surface area (Å²) in [5.74, 6) is 0.545. The van der Waals surface area contributed by atoms with E-state index in [1.165, 1.54) is 11.3 Å². The van der Waals surface area contributed by atoms with Gasteiger partial charge in [0.2, 0.25) is 5.91 Å². The quantitative estimate of drug-likeness (QED) is 0.885. The predicted molar refractivity (Wildman–Crippen MR) is 78.9 cm³/mol. The second kappa shape index (κ2) is 5.83. The summed E-state index contributed by atoms with van der Waals surface area (Å²) in [4.78, 5) is 12.0. The van der Waals surface area contributed by atoms with Crippen LogP contribution in [-0.4, -0.2) is 31.2 Å². The van der Waals surface area contributed by atoms with Crippen molar-refractivity contribution in [3.8, 4) is 0 Å². The predicted octanol–water partition coefficient (Wildman–Crippen LogP) is 2.27. The van der Waals surface area contributed by atoms with E-state index in [0.29, 0.717) is 12.5 Å². The van der Waals surface area contributed by atoms with E-state index in [-0.39, 0.29) is 18.1 Å². The Morgan fingerprint density at radius 2 is 2.25 bits per heavy atom. The SMILES string of the molecule is CC1CCC(C(=O)NCCC2CNc3ccccc32)O1. The van der Waals surface area contributed by atoms with Gasteiger partial charge in [-0.3, -0.25) is 4.79 Å². The first-order valence-corrected chi connectivity index (χ1v) is 7.50. The van der Waals surface area contributed by atoms with Gasteiger partial charge in [-0.2, -0.15) is 0 Å². The number of carbonyl (C=O) groups is 1. The molecule has 0 saturated carbocycles. The van der Waals surface area contributed by atoms with Crippen molar-refractivity contribution in [2.45, 2.75) is 44.3 Å². The average Bonchev–Trinajstić information content (AvgIpc) is 3.06. The van der Waals surface area contributed by atoms with Gasteiger partial charge in [0.05, 0.1) is 6.10 Å². The highest BCUT2D eigenvalue weighted by Crippen LogP contribution is 2.32. The zero-order valence-electron chi connectivity index (χ0n) is 11.9. The van der Waals surface area contributed by atoms with E-state index in [4.69, 9.17) is 4.74 Å². The topological polar surface area (TPSA) is 50.4 Å². The van der Waals surface area contributed by atoms with Crippen LogP contribution >= 0.6 is 0 Å². The van der Waals surface area contributed by atoms with Crippen LogP contribution in [0.25, 0.3) is 0 Å². The van der Waals surface area contributed by atoms with Gasteiger partial charge in [0.1, 0.15) is 6.10 Å². The van der Waals surface area contributed by atoms with E-state index < -0.39 is 0 Å². The molecule has 2 aliphatic rings. The summed E-state index contributed by atoms with van der Waals surface area (Å²) in [5.41, 5.74) is 2.60. The molecule has 4 nitrogen and oxygen atoms in total. The molecular formula is C16H22N2O2. The van der Waals surface area contributed by atoms with Crippen molar-refractivity contribution in [1.29, 1.82) is 0 Å². The summed E-state index contributed by atoms with van der Waals surface area (Å²) >= 11 is 0. The van der Waals surface area contributed by atoms with E-state index >= 15 is 0 Å². The maximum atomic E-state index is 12.0. The van der Waals surface area contributed by atoms with Crippen LogP contribution in [0.15, 0.2) is 24.3 Å². The third kappa shape index (κ3) is 2.80. The van der Waals surface area contributed by atoms with E-state index in [1.807, 2.05) is 6.92 Å². The second-order valence-corrected chi connectivity index (χ2v) is 5.76. The molecule has 0 bridgehead atoms. The third-order valence-corrected chi connectivity index (χ3v) is 4.26. The number of carbonyl (C=O) groups excluding carboxylic acids is 1. The normalized spacial score (nSPS) is 27.9. The minimum Gasteiger partial charge on any atom is -0.384 e. The van der Waals surface area contributed by atoms with Gasteiger partial charge in [0, 0.05) is 24.7 Å². The number of amides is 1. The molecule has 1 saturated heterocycles. The van der Waals surface area contributed by atoms with Gasteiger partial charge in [0.25, 0.3) is 0 Å². The molecule has 1 aromatic rings. The Labute approximate surface area is 119 Å². The highest BCUT2D eigenvalue weighted by atomic mass is 16.5. The monoisotopic (exact) mass is 274 g/mol. The summed E-state index contributed by atoms with van der Waals surface area (Å²) in [6.07, 6.45) is 2.78. The highest BCUT2D eigenvalue weighted by molar-refractivity contribution is 5.81. The fourth-order valence-electron chi connectivity index (χ4n) is 3.09. The van der Waals surface area contributed by atoms with Crippen LogP contribution in [-0.2, 0) is 9.53 Å². The van der Waals surface area contributed by atoms with E-state index in [9.17, 15) is 4.79 Å². The fraction of sp³-hybridized carbons (Fsp3) is 0.562. The van der Waals surface area contributed by atoms with Crippen LogP contribution in [0, 0.1) is 0 Å². The number of hydrogen-bond donors (Lipinski definition) is 2. The number of nitrogens with one attached hydrogen (secondary N) is 2. The highest BCUT2D eigenvalue weighted by Gasteiger charge is 2.28. The number of benzene rings is 1. The zero-order chi connectivity index (χ0) is 13.9. The lowest BCUT2D eigenvalue weighted by Gasteiger charge is -2.14. The largest absolute Gasteiger partial charge is 0.384 e. The number of ether oxygens (including phenoxy) is 1. The van der Waals surface area contributed by atoms with E-state index in [2.05, 4.69) is 34.9 Å². The molecule has 0 aromatic heterocycles. The number of hydrogen-bond acceptors (Lipinski definition) is 3. The molecule has 4 heteroatoms. The molecule has 20 heavy (non-hydrogen) atoms. The second-order valence-electron chi connectivity index (χ2n) is 5.76. The molecule has 0 aliphatic carbocycles. The van der Waals surface area contributed by atoms with Crippen LogP contribution in [0.2, 0.25) is 0 Å². The third-order valence-electron chi connectivity index (χ3n) is 4.26. The van der Waals surface area contributed by atoms with Crippen molar-refractivity contribution in [2.75, 3.05) is 18.4 Å². The van der Waals surface area contributed by atoms with Crippen molar-refractivity contribution in [3.63, 3.8) is 0 Å². The smallest absolute Gasteiger partial charge is 0.249 e. The molecule has 3 unspecified atom stereocenters. The minimum atomic E-state index is -0.237. The zero-order valence-corrected chi connectivity index (χ0v) is 11.9. The summed E-state index contributed by atoms with van der Waals surface area (Å²) in [6.45, 7) is 3.70. The van der Waals surface area contributed by atoms with Crippen LogP contribution in [0.5, 0.6) is 0 Å². The number of para-hydroxylation sites is 1. The average molecular weight is 274 g/mol. The lowest BCUT2D eigenvalue weighted by Crippen LogP contribution is -2.35. The van der Waals surface area contributed by atoms with Gasteiger partial charge < -0.3 is 15.4 Å². The molecule has 1 fully saturated rings. The Balaban J connectivity index is 1.46. The molecule has 1 aromatic carbocycles. The maximum absolute atomic E-state index is 12.0. The number of fused-ring (bicyclic) bond motifs is 1. The molecule has 108 valence electrons. The number of rotatable bonds is 4. The van der Waals surface area contributed by atoms with Crippen molar-refractivity contribution >= 4 is 11.6 Å². The molecular weight excluding hydrogens is 252 g/mol. The molecule has 2 N–H and O–H groups in total. The fourth-order valence-corrected chi connectivity index (χ4v) is 3.09. The van der Waals surface area contributed by atoms with Crippen molar-refractivity contribution in [3.05, 3.63) is 29.8 Å². The Morgan fingerprint density at radius 1 is 1.40 bits per heavy atom. The lowest BCUT2D eigenvalue weighted by molar-refractivity contribution is -0.131. The molecule has 3 atom stereocenters. The van der Waals surface area contributed by atoms with Crippen LogP contribution in [0.1, 0.15) is 37.7 Å². The molecule has 2 heterocycles. The summed E-state index contributed by atoms with van der Waals surface area (Å²) < 4.78 is 5.58. The van der Waals surface area contributed by atoms with Crippen molar-refractivity contribution in [1.82, 2.24) is 5.32 Å². The van der Waals surface area contributed by atoms with Crippen LogP contribution in [0.3, 0.4) is 0 Å². The molecule has 0 spiro atoms. The van der Waals surface area contributed by atoms with Crippen LogP contribution < -0.4 is 10.6 Å².